The van der Waals surface area contributed by atoms with Gasteiger partial charge >= 0.3 is 0 Å². The van der Waals surface area contributed by atoms with Crippen molar-refractivity contribution in [3.05, 3.63) is 92.1 Å². The van der Waals surface area contributed by atoms with Crippen LogP contribution in [0.15, 0.2) is 58.7 Å². The maximum atomic E-state index is 9.67. The minimum absolute atomic E-state index is 0.0137. The predicted molar refractivity (Wildman–Crippen MR) is 180 cm³/mol. The van der Waals surface area contributed by atoms with Gasteiger partial charge in [0.25, 0.3) is 0 Å². The van der Waals surface area contributed by atoms with Gasteiger partial charge in [-0.25, -0.2) is 0 Å². The Balaban J connectivity index is 1.35. The summed E-state index contributed by atoms with van der Waals surface area (Å²) in [6, 6.07) is 18.5. The zero-order valence-corrected chi connectivity index (χ0v) is 26.5. The first-order valence-electron chi connectivity index (χ1n) is 17.4. The molecule has 4 nitrogen and oxygen atoms in total. The van der Waals surface area contributed by atoms with Crippen molar-refractivity contribution < 1.29 is 0 Å². The number of nitrogens with zero attached hydrogens (tertiary/aromatic N) is 4. The molecule has 0 atom stereocenters. The van der Waals surface area contributed by atoms with Gasteiger partial charge in [0.05, 0.1) is 0 Å². The van der Waals surface area contributed by atoms with Crippen molar-refractivity contribution in [2.45, 2.75) is 113 Å². The first-order chi connectivity index (χ1) is 22.5. The summed E-state index contributed by atoms with van der Waals surface area (Å²) in [5.74, 6) is 0. The summed E-state index contributed by atoms with van der Waals surface area (Å²) in [5.41, 5.74) is 13.4. The number of hydrogen-bond donors (Lipinski definition) is 0. The smallest absolute Gasteiger partial charge is 0.129 e. The molecule has 226 valence electrons. The fourth-order valence-corrected chi connectivity index (χ4v) is 10.6. The van der Waals surface area contributed by atoms with Crippen LogP contribution in [0.25, 0.3) is 23.3 Å². The number of nitriles is 4. The highest BCUT2D eigenvalue weighted by Gasteiger charge is 2.50. The quantitative estimate of drug-likeness (QED) is 0.321. The molecule has 3 saturated carbocycles. The third-order valence-corrected chi connectivity index (χ3v) is 12.7. The van der Waals surface area contributed by atoms with E-state index in [4.69, 9.17) is 0 Å². The molecule has 0 unspecified atom stereocenters. The largest absolute Gasteiger partial charge is 0.192 e. The van der Waals surface area contributed by atoms with Crippen molar-refractivity contribution in [3.8, 4) is 35.4 Å². The van der Waals surface area contributed by atoms with Crippen LogP contribution in [0.4, 0.5) is 0 Å². The van der Waals surface area contributed by atoms with Crippen LogP contribution in [0.3, 0.4) is 0 Å². The number of hydrogen-bond acceptors (Lipinski definition) is 4. The lowest BCUT2D eigenvalue weighted by Crippen LogP contribution is -2.30. The van der Waals surface area contributed by atoms with E-state index >= 15 is 0 Å². The van der Waals surface area contributed by atoms with E-state index in [1.165, 1.54) is 76.6 Å². The summed E-state index contributed by atoms with van der Waals surface area (Å²) < 4.78 is 0. The molecule has 0 saturated heterocycles. The van der Waals surface area contributed by atoms with Gasteiger partial charge in [-0.15, -0.1) is 0 Å². The normalized spacial score (nSPS) is 21.7. The number of allylic oxidation sites excluding steroid dienone is 6. The van der Waals surface area contributed by atoms with Crippen molar-refractivity contribution in [1.29, 1.82) is 21.0 Å². The van der Waals surface area contributed by atoms with Crippen molar-refractivity contribution >= 4 is 12.2 Å². The fraction of sp³-hybridized carbons (Fsp3) is 0.429. The molecule has 0 aliphatic heterocycles. The van der Waals surface area contributed by atoms with E-state index in [0.717, 1.165) is 75.4 Å². The van der Waals surface area contributed by atoms with Crippen molar-refractivity contribution in [3.63, 3.8) is 0 Å². The minimum Gasteiger partial charge on any atom is -0.192 e. The summed E-state index contributed by atoms with van der Waals surface area (Å²) in [6.45, 7) is 0. The summed E-state index contributed by atoms with van der Waals surface area (Å²) >= 11 is 0. The van der Waals surface area contributed by atoms with Gasteiger partial charge in [-0.3, -0.25) is 0 Å². The second kappa shape index (κ2) is 10.7. The molecule has 4 heteroatoms. The maximum absolute atomic E-state index is 9.67. The second-order valence-corrected chi connectivity index (χ2v) is 14.7. The maximum Gasteiger partial charge on any atom is 0.129 e. The van der Waals surface area contributed by atoms with Crippen LogP contribution >= 0.6 is 0 Å². The monoisotopic (exact) mass is 598 g/mol. The summed E-state index contributed by atoms with van der Waals surface area (Å²) in [7, 11) is 0. The highest BCUT2D eigenvalue weighted by Crippen LogP contribution is 2.62. The molecular formula is C42H38N4. The Labute approximate surface area is 272 Å². The van der Waals surface area contributed by atoms with Crippen LogP contribution in [0.2, 0.25) is 0 Å². The summed E-state index contributed by atoms with van der Waals surface area (Å²) in [4.78, 5) is 0. The van der Waals surface area contributed by atoms with Crippen LogP contribution in [0.1, 0.15) is 130 Å². The van der Waals surface area contributed by atoms with Gasteiger partial charge in [-0.05, 0) is 131 Å². The zero-order chi connectivity index (χ0) is 31.5. The lowest BCUT2D eigenvalue weighted by atomic mass is 9.65. The Kier molecular flexibility index (Phi) is 6.72. The van der Waals surface area contributed by atoms with Crippen molar-refractivity contribution in [2.75, 3.05) is 0 Å². The molecule has 8 rings (SSSR count). The second-order valence-electron chi connectivity index (χ2n) is 14.7. The van der Waals surface area contributed by atoms with Gasteiger partial charge in [0, 0.05) is 16.2 Å². The van der Waals surface area contributed by atoms with E-state index < -0.39 is 0 Å². The summed E-state index contributed by atoms with van der Waals surface area (Å²) in [5, 5.41) is 38.7. The Morgan fingerprint density at radius 1 is 0.457 bits per heavy atom. The Hall–Kier alpha value is -4.64. The first kappa shape index (κ1) is 28.8. The Morgan fingerprint density at radius 3 is 1.15 bits per heavy atom. The van der Waals surface area contributed by atoms with Crippen LogP contribution in [0, 0.1) is 45.3 Å². The SMILES string of the molecule is N#CC(C#N)=CC1=Cc2cc3c(cc2C12CCCCC2)-c1cc2c(cc1C31CCCCC1)C=C(C=C(C#N)C#N)C21CCCCC1. The van der Waals surface area contributed by atoms with E-state index in [1.807, 2.05) is 12.2 Å². The molecule has 3 fully saturated rings. The third-order valence-electron chi connectivity index (χ3n) is 12.7. The molecule has 3 spiro atoms. The lowest BCUT2D eigenvalue weighted by Gasteiger charge is -2.38. The molecule has 0 aromatic heterocycles. The van der Waals surface area contributed by atoms with Crippen LogP contribution in [-0.4, -0.2) is 0 Å². The van der Waals surface area contributed by atoms with Crippen molar-refractivity contribution in [1.82, 2.24) is 0 Å². The predicted octanol–water partition coefficient (Wildman–Crippen LogP) is 10.1. The van der Waals surface area contributed by atoms with E-state index in [1.54, 1.807) is 0 Å². The van der Waals surface area contributed by atoms with Crippen LogP contribution in [0.5, 0.6) is 0 Å². The van der Waals surface area contributed by atoms with Gasteiger partial charge in [0.2, 0.25) is 0 Å². The lowest BCUT2D eigenvalue weighted by molar-refractivity contribution is 0.346. The first-order valence-corrected chi connectivity index (χ1v) is 17.4. The molecule has 0 amide bonds. The van der Waals surface area contributed by atoms with Gasteiger partial charge in [-0.2, -0.15) is 21.0 Å². The molecule has 2 aromatic carbocycles. The fourth-order valence-electron chi connectivity index (χ4n) is 10.6. The van der Waals surface area contributed by atoms with E-state index in [0.29, 0.717) is 0 Å². The minimum atomic E-state index is -0.143. The van der Waals surface area contributed by atoms with Gasteiger partial charge in [0.15, 0.2) is 0 Å². The van der Waals surface area contributed by atoms with Crippen molar-refractivity contribution in [2.24, 2.45) is 0 Å². The Morgan fingerprint density at radius 2 is 0.804 bits per heavy atom. The van der Waals surface area contributed by atoms with Gasteiger partial charge in [0.1, 0.15) is 35.4 Å². The molecule has 0 heterocycles. The molecule has 2 aromatic rings. The topological polar surface area (TPSA) is 95.2 Å². The molecule has 6 aliphatic rings. The molecule has 6 aliphatic carbocycles. The number of benzene rings is 2. The van der Waals surface area contributed by atoms with E-state index in [9.17, 15) is 21.0 Å². The Bertz CT molecular complexity index is 1800. The van der Waals surface area contributed by atoms with E-state index in [-0.39, 0.29) is 27.4 Å². The van der Waals surface area contributed by atoms with Gasteiger partial charge in [-0.1, -0.05) is 69.9 Å². The highest BCUT2D eigenvalue weighted by atomic mass is 14.5. The number of rotatable bonds is 2. The molecular weight excluding hydrogens is 560 g/mol. The average Bonchev–Trinajstić information content (AvgIpc) is 3.64. The van der Waals surface area contributed by atoms with E-state index in [2.05, 4.69) is 60.7 Å². The molecule has 46 heavy (non-hydrogen) atoms. The van der Waals surface area contributed by atoms with Gasteiger partial charge < -0.3 is 0 Å². The molecule has 0 bridgehead atoms. The highest BCUT2D eigenvalue weighted by molar-refractivity contribution is 5.89. The van der Waals surface area contributed by atoms with Crippen LogP contribution in [-0.2, 0) is 16.2 Å². The van der Waals surface area contributed by atoms with Crippen LogP contribution < -0.4 is 0 Å². The standard InChI is InChI=1S/C42H38N4/c43-24-28(25-44)16-32-18-30-20-38-34(22-36(30)40(32)10-4-1-5-11-40)35-23-37-31(21-39(35)42(38)14-8-3-9-15-42)19-33(17-29(26-45)27-46)41(37)12-6-2-7-13-41/h16-23H,1-15H2. The zero-order valence-electron chi connectivity index (χ0n) is 26.5. The molecule has 0 N–H and O–H groups in total. The summed E-state index contributed by atoms with van der Waals surface area (Å²) in [6.07, 6.45) is 25.6. The average molecular weight is 599 g/mol. The third kappa shape index (κ3) is 3.93. The molecule has 0 radical (unpaired) electrons. The number of fused-ring (bicyclic) bond motifs is 9.